The molecule has 0 radical (unpaired) electrons. The molecule has 0 N–H and O–H groups in total. The highest BCUT2D eigenvalue weighted by atomic mass is 15.1. The van der Waals surface area contributed by atoms with Crippen LogP contribution in [-0.4, -0.2) is 0 Å². The molecule has 1 heteroatoms. The lowest BCUT2D eigenvalue weighted by Gasteiger charge is -2.57. The van der Waals surface area contributed by atoms with E-state index in [2.05, 4.69) is 122 Å². The summed E-state index contributed by atoms with van der Waals surface area (Å²) in [6.45, 7) is 4.90. The average molecular weight is 628 g/mol. The Labute approximate surface area is 287 Å². The predicted molar refractivity (Wildman–Crippen MR) is 202 cm³/mol. The molecule has 11 rings (SSSR count). The molecule has 1 nitrogen and oxygen atoms in total. The zero-order chi connectivity index (χ0) is 32.0. The third kappa shape index (κ3) is 4.56. The average Bonchev–Trinajstić information content (AvgIpc) is 3.33. The number of nitrogens with zero attached hydrogens (tertiary/aromatic N) is 1. The largest absolute Gasteiger partial charge is 0.310 e. The number of anilines is 3. The van der Waals surface area contributed by atoms with Crippen molar-refractivity contribution < 1.29 is 0 Å². The van der Waals surface area contributed by atoms with E-state index >= 15 is 0 Å². The monoisotopic (exact) mass is 627 g/mol. The second-order valence-corrected chi connectivity index (χ2v) is 17.1. The van der Waals surface area contributed by atoms with Crippen LogP contribution in [0.1, 0.15) is 113 Å². The summed E-state index contributed by atoms with van der Waals surface area (Å²) in [5.41, 5.74) is 13.1. The first-order valence-corrected chi connectivity index (χ1v) is 19.1. The van der Waals surface area contributed by atoms with E-state index in [-0.39, 0.29) is 5.41 Å². The van der Waals surface area contributed by atoms with Gasteiger partial charge in [-0.15, -0.1) is 0 Å². The highest BCUT2D eigenvalue weighted by Crippen LogP contribution is 2.61. The van der Waals surface area contributed by atoms with Crippen molar-refractivity contribution >= 4 is 27.8 Å². The van der Waals surface area contributed by atoms with Gasteiger partial charge < -0.3 is 4.90 Å². The van der Waals surface area contributed by atoms with E-state index in [4.69, 9.17) is 0 Å². The zero-order valence-electron chi connectivity index (χ0n) is 28.8. The Morgan fingerprint density at radius 1 is 0.542 bits per heavy atom. The quantitative estimate of drug-likeness (QED) is 0.187. The molecule has 6 aliphatic rings. The fourth-order valence-electron chi connectivity index (χ4n) is 11.8. The van der Waals surface area contributed by atoms with Gasteiger partial charge in [0.05, 0.1) is 0 Å². The molecule has 0 aromatic heterocycles. The smallest absolute Gasteiger partial charge is 0.0468 e. The molecule has 48 heavy (non-hydrogen) atoms. The van der Waals surface area contributed by atoms with Crippen LogP contribution in [-0.2, 0) is 10.8 Å². The number of hydrogen-bond acceptors (Lipinski definition) is 1. The molecule has 6 aliphatic carbocycles. The van der Waals surface area contributed by atoms with Crippen LogP contribution < -0.4 is 4.90 Å². The van der Waals surface area contributed by atoms with Crippen molar-refractivity contribution in [3.8, 4) is 11.1 Å². The van der Waals surface area contributed by atoms with Crippen molar-refractivity contribution in [1.82, 2.24) is 0 Å². The van der Waals surface area contributed by atoms with Crippen molar-refractivity contribution in [2.45, 2.75) is 101 Å². The van der Waals surface area contributed by atoms with Crippen molar-refractivity contribution in [2.75, 3.05) is 4.90 Å². The molecule has 0 aliphatic heterocycles. The summed E-state index contributed by atoms with van der Waals surface area (Å²) in [5, 5.41) is 2.58. The van der Waals surface area contributed by atoms with Crippen LogP contribution >= 0.6 is 0 Å². The molecule has 0 saturated heterocycles. The second-order valence-electron chi connectivity index (χ2n) is 17.1. The molecule has 5 aromatic rings. The summed E-state index contributed by atoms with van der Waals surface area (Å²) < 4.78 is 0. The number of rotatable bonds is 5. The van der Waals surface area contributed by atoms with Crippen LogP contribution in [0.5, 0.6) is 0 Å². The maximum Gasteiger partial charge on any atom is 0.0468 e. The minimum atomic E-state index is -0.0389. The van der Waals surface area contributed by atoms with Gasteiger partial charge in [-0.25, -0.2) is 0 Å². The van der Waals surface area contributed by atoms with Gasteiger partial charge in [0.25, 0.3) is 0 Å². The van der Waals surface area contributed by atoms with Crippen LogP contribution in [0.15, 0.2) is 103 Å². The highest BCUT2D eigenvalue weighted by Gasteiger charge is 2.51. The Balaban J connectivity index is 1.06. The standard InChI is InChI=1S/C47H49N/c1-46(2)44-26-37(34-8-4-3-5-9-34)13-20-42(44)43-21-19-41(27-45(43)46)48(40-16-12-35-10-6-7-11-36(35)25-40)39-17-14-38(15-18-39)47-28-31-22-32(29-47)24-33(23-31)30-47/h6-7,10-21,25-27,31-34H,3-5,8-9,22-24,28-30H2,1-2H3. The van der Waals surface area contributed by atoms with Gasteiger partial charge in [-0.3, -0.25) is 0 Å². The van der Waals surface area contributed by atoms with E-state index in [0.717, 1.165) is 23.7 Å². The molecule has 0 unspecified atom stereocenters. The van der Waals surface area contributed by atoms with Crippen molar-refractivity contribution in [3.63, 3.8) is 0 Å². The molecule has 0 heterocycles. The van der Waals surface area contributed by atoms with Gasteiger partial charge in [0, 0.05) is 22.5 Å². The molecule has 0 spiro atoms. The molecular weight excluding hydrogens is 579 g/mol. The van der Waals surface area contributed by atoms with Gasteiger partial charge in [0.1, 0.15) is 0 Å². The molecule has 0 atom stereocenters. The third-order valence-electron chi connectivity index (χ3n) is 13.8. The van der Waals surface area contributed by atoms with Gasteiger partial charge in [-0.2, -0.15) is 0 Å². The maximum absolute atomic E-state index is 2.58. The Morgan fingerprint density at radius 2 is 1.12 bits per heavy atom. The molecule has 5 fully saturated rings. The lowest BCUT2D eigenvalue weighted by Crippen LogP contribution is -2.48. The van der Waals surface area contributed by atoms with Crippen LogP contribution in [0, 0.1) is 17.8 Å². The Morgan fingerprint density at radius 3 is 1.83 bits per heavy atom. The second kappa shape index (κ2) is 10.8. The van der Waals surface area contributed by atoms with Gasteiger partial charge >= 0.3 is 0 Å². The normalized spacial score (nSPS) is 26.8. The molecule has 5 aromatic carbocycles. The van der Waals surface area contributed by atoms with Crippen molar-refractivity contribution in [2.24, 2.45) is 17.8 Å². The fraction of sp³-hybridized carbons (Fsp3) is 0.404. The lowest BCUT2D eigenvalue weighted by molar-refractivity contribution is -0.00518. The first-order chi connectivity index (χ1) is 23.4. The van der Waals surface area contributed by atoms with E-state index in [9.17, 15) is 0 Å². The first kappa shape index (κ1) is 29.1. The minimum Gasteiger partial charge on any atom is -0.310 e. The number of fused-ring (bicyclic) bond motifs is 4. The number of hydrogen-bond donors (Lipinski definition) is 0. The summed E-state index contributed by atoms with van der Waals surface area (Å²) in [4.78, 5) is 2.52. The Hall–Kier alpha value is -3.84. The first-order valence-electron chi connectivity index (χ1n) is 19.1. The van der Waals surface area contributed by atoms with Crippen LogP contribution in [0.2, 0.25) is 0 Å². The Kier molecular flexibility index (Phi) is 6.57. The van der Waals surface area contributed by atoms with E-state index in [0.29, 0.717) is 5.41 Å². The Bertz CT molecular complexity index is 1990. The molecule has 4 bridgehead atoms. The van der Waals surface area contributed by atoms with E-state index in [1.54, 1.807) is 11.1 Å². The van der Waals surface area contributed by atoms with Crippen LogP contribution in [0.25, 0.3) is 21.9 Å². The SMILES string of the molecule is CC1(C)c2cc(C3CCCCC3)ccc2-c2ccc(N(c3ccc(C45CC6CC(CC(C6)C4)C5)cc3)c3ccc4ccccc4c3)cc21. The molecular formula is C47H49N. The number of benzene rings is 5. The highest BCUT2D eigenvalue weighted by molar-refractivity contribution is 5.90. The summed E-state index contributed by atoms with van der Waals surface area (Å²) in [6, 6.07) is 40.4. The topological polar surface area (TPSA) is 3.24 Å². The fourth-order valence-corrected chi connectivity index (χ4v) is 11.8. The van der Waals surface area contributed by atoms with E-state index in [1.807, 2.05) is 0 Å². The minimum absolute atomic E-state index is 0.0389. The van der Waals surface area contributed by atoms with E-state index in [1.165, 1.54) is 121 Å². The van der Waals surface area contributed by atoms with Gasteiger partial charge in [0.15, 0.2) is 0 Å². The zero-order valence-corrected chi connectivity index (χ0v) is 28.8. The lowest BCUT2D eigenvalue weighted by atomic mass is 9.48. The predicted octanol–water partition coefficient (Wildman–Crippen LogP) is 13.1. The summed E-state index contributed by atoms with van der Waals surface area (Å²) >= 11 is 0. The van der Waals surface area contributed by atoms with Gasteiger partial charge in [-0.1, -0.05) is 99.8 Å². The third-order valence-corrected chi connectivity index (χ3v) is 13.8. The van der Waals surface area contributed by atoms with Gasteiger partial charge in [0.2, 0.25) is 0 Å². The summed E-state index contributed by atoms with van der Waals surface area (Å²) in [7, 11) is 0. The summed E-state index contributed by atoms with van der Waals surface area (Å²) in [6.07, 6.45) is 15.6. The molecule has 0 amide bonds. The van der Waals surface area contributed by atoms with Gasteiger partial charge in [-0.05, 0) is 161 Å². The maximum atomic E-state index is 2.58. The molecule has 242 valence electrons. The van der Waals surface area contributed by atoms with E-state index < -0.39 is 0 Å². The van der Waals surface area contributed by atoms with Crippen LogP contribution in [0.4, 0.5) is 17.1 Å². The molecule has 5 saturated carbocycles. The van der Waals surface area contributed by atoms with Crippen molar-refractivity contribution in [1.29, 1.82) is 0 Å². The van der Waals surface area contributed by atoms with Crippen LogP contribution in [0.3, 0.4) is 0 Å². The summed E-state index contributed by atoms with van der Waals surface area (Å²) in [5.74, 6) is 3.61. The van der Waals surface area contributed by atoms with Crippen molar-refractivity contribution in [3.05, 3.63) is 125 Å².